The Kier molecular flexibility index (Phi) is 11.8. The van der Waals surface area contributed by atoms with Crippen LogP contribution in [0.2, 0.25) is 15.1 Å². The second kappa shape index (κ2) is 15.3. The van der Waals surface area contributed by atoms with Crippen LogP contribution >= 0.6 is 34.8 Å². The highest BCUT2D eigenvalue weighted by molar-refractivity contribution is 7.92. The van der Waals surface area contributed by atoms with Gasteiger partial charge in [0.25, 0.3) is 10.0 Å². The number of benzene rings is 3. The minimum atomic E-state index is -4.23. The van der Waals surface area contributed by atoms with Crippen molar-refractivity contribution < 1.29 is 22.7 Å². The van der Waals surface area contributed by atoms with Gasteiger partial charge in [-0.3, -0.25) is 13.9 Å². The van der Waals surface area contributed by atoms with Gasteiger partial charge in [0.15, 0.2) is 0 Å². The van der Waals surface area contributed by atoms with Crippen molar-refractivity contribution in [3.63, 3.8) is 0 Å². The summed E-state index contributed by atoms with van der Waals surface area (Å²) in [6.45, 7) is 1.24. The highest BCUT2D eigenvalue weighted by atomic mass is 35.5. The number of carbonyl (C=O) groups is 2. The van der Waals surface area contributed by atoms with Crippen LogP contribution in [0, 0.1) is 0 Å². The number of rotatable bonds is 12. The first-order valence-corrected chi connectivity index (χ1v) is 17.1. The Balaban J connectivity index is 1.73. The average molecular weight is 681 g/mol. The van der Waals surface area contributed by atoms with Crippen LogP contribution in [0.1, 0.15) is 51.0 Å². The molecule has 0 aliphatic heterocycles. The molecular formula is C32H36Cl3N3O5S. The number of amides is 2. The number of ether oxygens (including phenoxy) is 1. The highest BCUT2D eigenvalue weighted by Gasteiger charge is 2.34. The van der Waals surface area contributed by atoms with E-state index in [1.54, 1.807) is 36.4 Å². The van der Waals surface area contributed by atoms with E-state index < -0.39 is 28.5 Å². The smallest absolute Gasteiger partial charge is 0.264 e. The molecule has 1 atom stereocenters. The van der Waals surface area contributed by atoms with Crippen LogP contribution in [0.3, 0.4) is 0 Å². The lowest BCUT2D eigenvalue weighted by Crippen LogP contribution is -2.54. The van der Waals surface area contributed by atoms with E-state index in [-0.39, 0.29) is 34.1 Å². The van der Waals surface area contributed by atoms with Crippen molar-refractivity contribution in [2.75, 3.05) is 18.0 Å². The van der Waals surface area contributed by atoms with Gasteiger partial charge in [-0.15, -0.1) is 0 Å². The lowest BCUT2D eigenvalue weighted by molar-refractivity contribution is -0.140. The Morgan fingerprint density at radius 1 is 0.932 bits per heavy atom. The molecule has 0 radical (unpaired) electrons. The number of methoxy groups -OCH3 is 1. The van der Waals surface area contributed by atoms with Crippen LogP contribution in [0.25, 0.3) is 0 Å². The maximum absolute atomic E-state index is 14.3. The van der Waals surface area contributed by atoms with Gasteiger partial charge in [0, 0.05) is 12.6 Å². The molecule has 0 saturated heterocycles. The lowest BCUT2D eigenvalue weighted by atomic mass is 9.95. The fourth-order valence-corrected chi connectivity index (χ4v) is 7.36. The molecule has 1 N–H and O–H groups in total. The number of nitrogens with zero attached hydrogens (tertiary/aromatic N) is 2. The highest BCUT2D eigenvalue weighted by Crippen LogP contribution is 2.32. The third-order valence-electron chi connectivity index (χ3n) is 7.71. The summed E-state index contributed by atoms with van der Waals surface area (Å²) in [7, 11) is -2.78. The molecule has 0 aromatic heterocycles. The summed E-state index contributed by atoms with van der Waals surface area (Å²) in [5.74, 6) is -0.503. The fourth-order valence-electron chi connectivity index (χ4n) is 5.36. The van der Waals surface area contributed by atoms with Crippen molar-refractivity contribution in [1.29, 1.82) is 0 Å². The zero-order valence-corrected chi connectivity index (χ0v) is 27.7. The molecule has 1 saturated carbocycles. The number of nitrogens with one attached hydrogen (secondary N) is 1. The van der Waals surface area contributed by atoms with Gasteiger partial charge in [0.1, 0.15) is 18.3 Å². The zero-order valence-electron chi connectivity index (χ0n) is 24.6. The average Bonchev–Trinajstić information content (AvgIpc) is 3.02. The number of halogens is 3. The molecule has 1 aliphatic carbocycles. The molecule has 1 aliphatic rings. The van der Waals surface area contributed by atoms with Crippen molar-refractivity contribution >= 4 is 62.3 Å². The summed E-state index contributed by atoms with van der Waals surface area (Å²) in [6.07, 6.45) is 5.27. The maximum atomic E-state index is 14.3. The van der Waals surface area contributed by atoms with E-state index in [0.29, 0.717) is 27.8 Å². The molecule has 236 valence electrons. The Labute approximate surface area is 274 Å². The van der Waals surface area contributed by atoms with Crippen LogP contribution < -0.4 is 14.4 Å². The first-order valence-electron chi connectivity index (χ1n) is 14.5. The van der Waals surface area contributed by atoms with Crippen LogP contribution in [0.5, 0.6) is 5.75 Å². The van der Waals surface area contributed by atoms with Crippen LogP contribution in [0.15, 0.2) is 71.6 Å². The second-order valence-electron chi connectivity index (χ2n) is 10.7. The predicted octanol–water partition coefficient (Wildman–Crippen LogP) is 7.11. The number of anilines is 1. The van der Waals surface area contributed by atoms with Gasteiger partial charge in [-0.25, -0.2) is 8.42 Å². The Morgan fingerprint density at radius 2 is 1.64 bits per heavy atom. The summed E-state index contributed by atoms with van der Waals surface area (Å²) >= 11 is 18.8. The maximum Gasteiger partial charge on any atom is 0.264 e. The first-order chi connectivity index (χ1) is 21.0. The van der Waals surface area contributed by atoms with Crippen molar-refractivity contribution in [3.05, 3.63) is 87.4 Å². The van der Waals surface area contributed by atoms with E-state index in [9.17, 15) is 18.0 Å². The topological polar surface area (TPSA) is 96.0 Å². The van der Waals surface area contributed by atoms with Crippen molar-refractivity contribution in [2.45, 2.75) is 69.0 Å². The summed E-state index contributed by atoms with van der Waals surface area (Å²) in [6, 6.07) is 16.5. The molecule has 1 fully saturated rings. The Morgan fingerprint density at radius 3 is 2.25 bits per heavy atom. The van der Waals surface area contributed by atoms with Gasteiger partial charge < -0.3 is 15.0 Å². The largest absolute Gasteiger partial charge is 0.495 e. The molecule has 1 unspecified atom stereocenters. The molecular weight excluding hydrogens is 645 g/mol. The molecule has 0 spiro atoms. The molecule has 4 rings (SSSR count). The molecule has 12 heteroatoms. The Bertz CT molecular complexity index is 1570. The SMILES string of the molecule is CCC(C(=O)NC1CCCCC1)N(Cc1ccc(Cl)c(Cl)c1)C(=O)CN(c1ccc(OC)c(Cl)c1)S(=O)(=O)c1ccccc1. The quantitative estimate of drug-likeness (QED) is 0.220. The molecule has 2 amide bonds. The van der Waals surface area contributed by atoms with Crippen LogP contribution in [-0.4, -0.2) is 50.9 Å². The van der Waals surface area contributed by atoms with E-state index in [0.717, 1.165) is 36.4 Å². The number of carbonyl (C=O) groups excluding carboxylic acids is 2. The summed E-state index contributed by atoms with van der Waals surface area (Å²) in [5, 5.41) is 3.96. The van der Waals surface area contributed by atoms with Crippen LogP contribution in [-0.2, 0) is 26.2 Å². The van der Waals surface area contributed by atoms with E-state index >= 15 is 0 Å². The van der Waals surface area contributed by atoms with Gasteiger partial charge >= 0.3 is 0 Å². The second-order valence-corrected chi connectivity index (χ2v) is 13.8. The minimum absolute atomic E-state index is 0.00198. The molecule has 3 aromatic carbocycles. The van der Waals surface area contributed by atoms with E-state index in [4.69, 9.17) is 39.5 Å². The van der Waals surface area contributed by atoms with Gasteiger partial charge in [0.2, 0.25) is 11.8 Å². The van der Waals surface area contributed by atoms with Gasteiger partial charge in [-0.05, 0) is 67.3 Å². The standard InChI is InChI=1S/C32H36Cl3N3O5S/c1-3-29(32(40)36-23-10-6-4-7-11-23)37(20-22-14-16-26(33)27(34)18-22)31(39)21-38(24-15-17-30(43-2)28(35)19-24)44(41,42)25-12-8-5-9-13-25/h5,8-9,12-19,23,29H,3-4,6-7,10-11,20-21H2,1-2H3,(H,36,40). The number of hydrogen-bond acceptors (Lipinski definition) is 5. The monoisotopic (exact) mass is 679 g/mol. The Hall–Kier alpha value is -2.98. The molecule has 8 nitrogen and oxygen atoms in total. The van der Waals surface area contributed by atoms with Gasteiger partial charge in [0.05, 0.1) is 32.8 Å². The van der Waals surface area contributed by atoms with Crippen molar-refractivity contribution in [3.8, 4) is 5.75 Å². The molecule has 0 heterocycles. The van der Waals surface area contributed by atoms with E-state index in [2.05, 4.69) is 5.32 Å². The van der Waals surface area contributed by atoms with Crippen molar-refractivity contribution in [2.24, 2.45) is 0 Å². The fraction of sp³-hybridized carbons (Fsp3) is 0.375. The van der Waals surface area contributed by atoms with E-state index in [1.165, 1.54) is 42.3 Å². The summed E-state index contributed by atoms with van der Waals surface area (Å²) < 4.78 is 34.3. The number of sulfonamides is 1. The van der Waals surface area contributed by atoms with E-state index in [1.807, 2.05) is 6.92 Å². The normalized spacial score (nSPS) is 14.5. The third kappa shape index (κ3) is 8.18. The lowest BCUT2D eigenvalue weighted by Gasteiger charge is -2.34. The molecule has 3 aromatic rings. The van der Waals surface area contributed by atoms with Crippen molar-refractivity contribution in [1.82, 2.24) is 10.2 Å². The number of hydrogen-bond donors (Lipinski definition) is 1. The molecule has 44 heavy (non-hydrogen) atoms. The summed E-state index contributed by atoms with van der Waals surface area (Å²) in [4.78, 5) is 29.4. The zero-order chi connectivity index (χ0) is 31.9. The van der Waals surface area contributed by atoms with Gasteiger partial charge in [-0.2, -0.15) is 0 Å². The summed E-state index contributed by atoms with van der Waals surface area (Å²) in [5.41, 5.74) is 0.809. The minimum Gasteiger partial charge on any atom is -0.495 e. The predicted molar refractivity (Wildman–Crippen MR) is 175 cm³/mol. The van der Waals surface area contributed by atoms with Gasteiger partial charge in [-0.1, -0.05) is 85.3 Å². The van der Waals surface area contributed by atoms with Crippen LogP contribution in [0.4, 0.5) is 5.69 Å². The third-order valence-corrected chi connectivity index (χ3v) is 10.5. The first kappa shape index (κ1) is 33.9. The molecule has 0 bridgehead atoms.